The Morgan fingerprint density at radius 2 is 2.04 bits per heavy atom. The van der Waals surface area contributed by atoms with Gasteiger partial charge in [-0.3, -0.25) is 4.79 Å². The van der Waals surface area contributed by atoms with E-state index >= 15 is 0 Å². The number of fused-ring (bicyclic) bond motifs is 3. The molecule has 26 heavy (non-hydrogen) atoms. The molecule has 0 radical (unpaired) electrons. The van der Waals surface area contributed by atoms with Gasteiger partial charge < -0.3 is 14.5 Å². The van der Waals surface area contributed by atoms with Crippen molar-refractivity contribution in [2.24, 2.45) is 0 Å². The fraction of sp³-hybridized carbons (Fsp3) is 0.632. The summed E-state index contributed by atoms with van der Waals surface area (Å²) in [7, 11) is 4.30. The highest BCUT2D eigenvalue weighted by molar-refractivity contribution is 7.18. The van der Waals surface area contributed by atoms with Crippen molar-refractivity contribution < 1.29 is 9.53 Å². The molecule has 0 saturated heterocycles. The third kappa shape index (κ3) is 3.30. The molecule has 2 aromatic rings. The lowest BCUT2D eigenvalue weighted by atomic mass is 9.92. The highest BCUT2D eigenvalue weighted by Crippen LogP contribution is 2.39. The van der Waals surface area contributed by atoms with E-state index in [2.05, 4.69) is 29.0 Å². The average molecular weight is 375 g/mol. The molecule has 0 bridgehead atoms. The zero-order valence-corrected chi connectivity index (χ0v) is 16.5. The molecule has 0 N–H and O–H groups in total. The molecule has 1 amide bonds. The fourth-order valence-electron chi connectivity index (χ4n) is 4.08. The van der Waals surface area contributed by atoms with Crippen molar-refractivity contribution in [3.05, 3.63) is 16.8 Å². The van der Waals surface area contributed by atoms with Crippen LogP contribution in [0.15, 0.2) is 6.33 Å². The molecule has 0 aromatic carbocycles. The van der Waals surface area contributed by atoms with Crippen LogP contribution in [0.2, 0.25) is 0 Å². The first kappa shape index (κ1) is 17.7. The minimum atomic E-state index is 0.122. The van der Waals surface area contributed by atoms with Crippen molar-refractivity contribution in [2.45, 2.75) is 57.7 Å². The van der Waals surface area contributed by atoms with Gasteiger partial charge in [-0.15, -0.1) is 11.3 Å². The predicted molar refractivity (Wildman–Crippen MR) is 103 cm³/mol. The molecule has 1 fully saturated rings. The second kappa shape index (κ2) is 7.12. The summed E-state index contributed by atoms with van der Waals surface area (Å²) in [5.41, 5.74) is 1.18. The Labute approximate surface area is 158 Å². The smallest absolute Gasteiger partial charge is 0.225 e. The summed E-state index contributed by atoms with van der Waals surface area (Å²) in [6, 6.07) is 0.651. The second-order valence-corrected chi connectivity index (χ2v) is 8.65. The summed E-state index contributed by atoms with van der Waals surface area (Å²) in [6.45, 7) is 3.06. The molecule has 6 nitrogen and oxygen atoms in total. The first-order valence-electron chi connectivity index (χ1n) is 9.36. The van der Waals surface area contributed by atoms with Crippen LogP contribution in [-0.4, -0.2) is 58.5 Å². The summed E-state index contributed by atoms with van der Waals surface area (Å²) in [5.74, 6) is 0.822. The minimum Gasteiger partial charge on any atom is -0.474 e. The van der Waals surface area contributed by atoms with Gasteiger partial charge in [0.15, 0.2) is 0 Å². The summed E-state index contributed by atoms with van der Waals surface area (Å²) in [4.78, 5) is 27.2. The highest BCUT2D eigenvalue weighted by atomic mass is 32.1. The molecule has 0 spiro atoms. The lowest BCUT2D eigenvalue weighted by Crippen LogP contribution is -2.35. The van der Waals surface area contributed by atoms with Crippen LogP contribution in [-0.2, 0) is 17.8 Å². The number of carbonyl (C=O) groups excluding carboxylic acids is 1. The molecular formula is C19H26N4O2S. The summed E-state index contributed by atoms with van der Waals surface area (Å²) in [5, 5.41) is 1.02. The van der Waals surface area contributed by atoms with E-state index in [0.29, 0.717) is 18.5 Å². The lowest BCUT2D eigenvalue weighted by molar-refractivity contribution is -0.129. The standard InChI is InChI=1S/C19H26N4O2S/c1-12(24)23-9-8-16-15(10-23)17-18(20-11-21-19(17)26-16)25-14-6-4-13(5-7-14)22(2)3/h11,13-14H,4-10H2,1-3H3/t13-,14-. The van der Waals surface area contributed by atoms with Gasteiger partial charge >= 0.3 is 0 Å². The Morgan fingerprint density at radius 3 is 2.73 bits per heavy atom. The van der Waals surface area contributed by atoms with Crippen molar-refractivity contribution in [2.75, 3.05) is 20.6 Å². The van der Waals surface area contributed by atoms with Gasteiger partial charge in [0.1, 0.15) is 17.3 Å². The molecule has 0 unspecified atom stereocenters. The SMILES string of the molecule is CC(=O)N1CCc2sc3ncnc(O[C@H]4CC[C@H](N(C)C)CC4)c3c2C1. The van der Waals surface area contributed by atoms with Crippen molar-refractivity contribution in [1.82, 2.24) is 19.8 Å². The van der Waals surface area contributed by atoms with Crippen molar-refractivity contribution in [3.8, 4) is 5.88 Å². The number of nitrogens with zero attached hydrogens (tertiary/aromatic N) is 4. The molecule has 2 aromatic heterocycles. The minimum absolute atomic E-state index is 0.122. The van der Waals surface area contributed by atoms with Crippen LogP contribution in [0.25, 0.3) is 10.2 Å². The van der Waals surface area contributed by atoms with Gasteiger partial charge in [0.2, 0.25) is 11.8 Å². The van der Waals surface area contributed by atoms with Crippen LogP contribution in [0, 0.1) is 0 Å². The number of thiophene rings is 1. The number of ether oxygens (including phenoxy) is 1. The molecular weight excluding hydrogens is 348 g/mol. The van der Waals surface area contributed by atoms with Crippen molar-refractivity contribution >= 4 is 27.5 Å². The zero-order chi connectivity index (χ0) is 18.3. The molecule has 1 aliphatic heterocycles. The van der Waals surface area contributed by atoms with E-state index in [1.54, 1.807) is 24.6 Å². The normalized spacial score (nSPS) is 23.3. The number of hydrogen-bond acceptors (Lipinski definition) is 6. The molecule has 140 valence electrons. The Hall–Kier alpha value is -1.73. The van der Waals surface area contributed by atoms with Crippen LogP contribution in [0.5, 0.6) is 5.88 Å². The first-order valence-corrected chi connectivity index (χ1v) is 10.2. The molecule has 0 atom stereocenters. The molecule has 2 aliphatic rings. The van der Waals surface area contributed by atoms with Gasteiger partial charge in [-0.1, -0.05) is 0 Å². The third-order valence-corrected chi connectivity index (χ3v) is 6.89. The van der Waals surface area contributed by atoms with E-state index in [-0.39, 0.29) is 12.0 Å². The van der Waals surface area contributed by atoms with Gasteiger partial charge in [0, 0.05) is 36.5 Å². The summed E-state index contributed by atoms with van der Waals surface area (Å²) in [6.07, 6.45) is 7.14. The molecule has 1 saturated carbocycles. The lowest BCUT2D eigenvalue weighted by Gasteiger charge is -2.32. The Bertz CT molecular complexity index is 811. The van der Waals surface area contributed by atoms with Gasteiger partial charge in [-0.05, 0) is 46.2 Å². The molecule has 4 rings (SSSR count). The second-order valence-electron chi connectivity index (χ2n) is 7.57. The maximum Gasteiger partial charge on any atom is 0.225 e. The van der Waals surface area contributed by atoms with Crippen LogP contribution in [0.4, 0.5) is 0 Å². The number of aromatic nitrogens is 2. The maximum atomic E-state index is 11.8. The molecule has 1 aliphatic carbocycles. The zero-order valence-electron chi connectivity index (χ0n) is 15.7. The Kier molecular flexibility index (Phi) is 4.84. The van der Waals surface area contributed by atoms with E-state index in [1.807, 2.05) is 4.90 Å². The number of rotatable bonds is 3. The highest BCUT2D eigenvalue weighted by Gasteiger charge is 2.28. The van der Waals surface area contributed by atoms with Gasteiger partial charge in [-0.25, -0.2) is 9.97 Å². The maximum absolute atomic E-state index is 11.8. The van der Waals surface area contributed by atoms with Gasteiger partial charge in [-0.2, -0.15) is 0 Å². The Balaban J connectivity index is 1.58. The van der Waals surface area contributed by atoms with Crippen LogP contribution < -0.4 is 4.74 Å². The molecule has 7 heteroatoms. The van der Waals surface area contributed by atoms with Crippen molar-refractivity contribution in [1.29, 1.82) is 0 Å². The van der Waals surface area contributed by atoms with Crippen LogP contribution in [0.1, 0.15) is 43.0 Å². The van der Waals surface area contributed by atoms with E-state index in [9.17, 15) is 4.79 Å². The van der Waals surface area contributed by atoms with E-state index < -0.39 is 0 Å². The monoisotopic (exact) mass is 374 g/mol. The number of amides is 1. The average Bonchev–Trinajstić information content (AvgIpc) is 3.00. The molecule has 3 heterocycles. The first-order chi connectivity index (χ1) is 12.5. The Morgan fingerprint density at radius 1 is 1.27 bits per heavy atom. The van der Waals surface area contributed by atoms with E-state index in [4.69, 9.17) is 4.74 Å². The van der Waals surface area contributed by atoms with E-state index in [1.165, 1.54) is 10.4 Å². The van der Waals surface area contributed by atoms with Gasteiger partial charge in [0.25, 0.3) is 0 Å². The quantitative estimate of drug-likeness (QED) is 0.827. The van der Waals surface area contributed by atoms with Crippen LogP contribution >= 0.6 is 11.3 Å². The summed E-state index contributed by atoms with van der Waals surface area (Å²) >= 11 is 1.72. The fourth-order valence-corrected chi connectivity index (χ4v) is 5.21. The predicted octanol–water partition coefficient (Wildman–Crippen LogP) is 2.85. The van der Waals surface area contributed by atoms with Gasteiger partial charge in [0.05, 0.1) is 5.39 Å². The van der Waals surface area contributed by atoms with Crippen LogP contribution in [0.3, 0.4) is 0 Å². The van der Waals surface area contributed by atoms with E-state index in [0.717, 1.165) is 48.9 Å². The van der Waals surface area contributed by atoms with Crippen molar-refractivity contribution in [3.63, 3.8) is 0 Å². The summed E-state index contributed by atoms with van der Waals surface area (Å²) < 4.78 is 6.35. The topological polar surface area (TPSA) is 58.6 Å². The largest absolute Gasteiger partial charge is 0.474 e. The third-order valence-electron chi connectivity index (χ3n) is 5.69. The number of hydrogen-bond donors (Lipinski definition) is 0. The number of carbonyl (C=O) groups is 1.